The van der Waals surface area contributed by atoms with Crippen LogP contribution in [0.5, 0.6) is 0 Å². The lowest BCUT2D eigenvalue weighted by Crippen LogP contribution is -2.45. The Kier molecular flexibility index (Phi) is 5.43. The summed E-state index contributed by atoms with van der Waals surface area (Å²) in [5.74, 6) is -1.57. The number of rotatable bonds is 4. The summed E-state index contributed by atoms with van der Waals surface area (Å²) in [6.45, 7) is 3.57. The zero-order chi connectivity index (χ0) is 18.7. The van der Waals surface area contributed by atoms with Gasteiger partial charge in [-0.2, -0.15) is 0 Å². The standard InChI is InChI=1S/C18H21FN4O3/c1-10-6-11(7-15(22-10)17(20)24)18(25)23-12-2-3-13(14(19)8-12)16-9-21-4-5-26-16/h2-3,6-8,13-14,16,21H,4-5,9H2,1H3,(H2,20,24)(H,23,25)/t13?,14?,16-/m1/s1. The number of allylic oxidation sites excluding steroid dienone is 2. The van der Waals surface area contributed by atoms with Crippen molar-refractivity contribution in [1.29, 1.82) is 0 Å². The fraction of sp³-hybridized carbons (Fsp3) is 0.389. The Hall–Kier alpha value is -2.58. The SMILES string of the molecule is Cc1cc(C(=O)NC2=CC(F)C([C@H]3CNCCO3)C=C2)cc(C(N)=O)n1. The first kappa shape index (κ1) is 18.2. The third kappa shape index (κ3) is 4.14. The number of carbonyl (C=O) groups excluding carboxylic acids is 2. The first-order valence-electron chi connectivity index (χ1n) is 8.40. The van der Waals surface area contributed by atoms with Gasteiger partial charge in [0.25, 0.3) is 11.8 Å². The minimum absolute atomic E-state index is 0.00805. The van der Waals surface area contributed by atoms with Crippen molar-refractivity contribution >= 4 is 11.8 Å². The first-order valence-corrected chi connectivity index (χ1v) is 8.40. The van der Waals surface area contributed by atoms with Crippen LogP contribution in [0.3, 0.4) is 0 Å². The number of pyridine rings is 1. The second kappa shape index (κ2) is 7.76. The largest absolute Gasteiger partial charge is 0.375 e. The molecule has 0 spiro atoms. The van der Waals surface area contributed by atoms with Gasteiger partial charge in [0, 0.05) is 36.0 Å². The average molecular weight is 360 g/mol. The van der Waals surface area contributed by atoms with E-state index in [0.717, 1.165) is 6.54 Å². The normalized spacial score (nSPS) is 25.5. The van der Waals surface area contributed by atoms with Crippen LogP contribution in [0, 0.1) is 12.8 Å². The number of carbonyl (C=O) groups is 2. The van der Waals surface area contributed by atoms with Gasteiger partial charge in [-0.3, -0.25) is 9.59 Å². The van der Waals surface area contributed by atoms with Crippen LogP contribution in [-0.2, 0) is 4.74 Å². The van der Waals surface area contributed by atoms with Crippen molar-refractivity contribution in [3.63, 3.8) is 0 Å². The first-order chi connectivity index (χ1) is 12.4. The highest BCUT2D eigenvalue weighted by Crippen LogP contribution is 2.25. The Morgan fingerprint density at radius 3 is 2.88 bits per heavy atom. The molecule has 2 aliphatic rings. The number of aromatic nitrogens is 1. The number of primary amides is 1. The zero-order valence-electron chi connectivity index (χ0n) is 14.4. The molecule has 2 heterocycles. The third-order valence-corrected chi connectivity index (χ3v) is 4.32. The van der Waals surface area contributed by atoms with Gasteiger partial charge in [0.05, 0.1) is 12.7 Å². The predicted molar refractivity (Wildman–Crippen MR) is 93.2 cm³/mol. The molecule has 1 aromatic rings. The van der Waals surface area contributed by atoms with Crippen LogP contribution in [0.1, 0.15) is 26.5 Å². The number of hydrogen-bond donors (Lipinski definition) is 3. The smallest absolute Gasteiger partial charge is 0.267 e. The van der Waals surface area contributed by atoms with Gasteiger partial charge in [0.1, 0.15) is 11.9 Å². The topological polar surface area (TPSA) is 106 Å². The Balaban J connectivity index is 1.69. The van der Waals surface area contributed by atoms with Crippen LogP contribution in [-0.4, -0.2) is 48.8 Å². The second-order valence-electron chi connectivity index (χ2n) is 6.32. The van der Waals surface area contributed by atoms with Crippen molar-refractivity contribution in [3.8, 4) is 0 Å². The summed E-state index contributed by atoms with van der Waals surface area (Å²) in [7, 11) is 0. The lowest BCUT2D eigenvalue weighted by Gasteiger charge is -2.32. The van der Waals surface area contributed by atoms with Gasteiger partial charge in [0.15, 0.2) is 0 Å². The lowest BCUT2D eigenvalue weighted by atomic mass is 9.91. The lowest BCUT2D eigenvalue weighted by molar-refractivity contribution is -0.0113. The number of alkyl halides is 1. The molecule has 2 unspecified atom stereocenters. The summed E-state index contributed by atoms with van der Waals surface area (Å²) in [4.78, 5) is 27.7. The minimum atomic E-state index is -1.26. The van der Waals surface area contributed by atoms with Crippen molar-refractivity contribution in [3.05, 3.63) is 53.0 Å². The molecule has 3 atom stereocenters. The van der Waals surface area contributed by atoms with Crippen molar-refractivity contribution < 1.29 is 18.7 Å². The molecule has 1 aliphatic heterocycles. The summed E-state index contributed by atoms with van der Waals surface area (Å²) in [6, 6.07) is 2.85. The van der Waals surface area contributed by atoms with Crippen LogP contribution in [0.4, 0.5) is 4.39 Å². The van der Waals surface area contributed by atoms with Crippen molar-refractivity contribution in [2.75, 3.05) is 19.7 Å². The van der Waals surface area contributed by atoms with Gasteiger partial charge in [-0.05, 0) is 31.2 Å². The van der Waals surface area contributed by atoms with E-state index in [9.17, 15) is 14.0 Å². The molecule has 26 heavy (non-hydrogen) atoms. The van der Waals surface area contributed by atoms with E-state index in [-0.39, 0.29) is 17.4 Å². The summed E-state index contributed by atoms with van der Waals surface area (Å²) >= 11 is 0. The number of nitrogens with one attached hydrogen (secondary N) is 2. The molecule has 138 valence electrons. The van der Waals surface area contributed by atoms with Gasteiger partial charge >= 0.3 is 0 Å². The number of nitrogens with two attached hydrogens (primary N) is 1. The van der Waals surface area contributed by atoms with Gasteiger partial charge in [-0.1, -0.05) is 6.08 Å². The van der Waals surface area contributed by atoms with E-state index in [1.165, 1.54) is 18.2 Å². The van der Waals surface area contributed by atoms with Crippen molar-refractivity contribution in [1.82, 2.24) is 15.6 Å². The third-order valence-electron chi connectivity index (χ3n) is 4.32. The molecule has 1 aliphatic carbocycles. The van der Waals surface area contributed by atoms with Crippen LogP contribution >= 0.6 is 0 Å². The molecular formula is C18H21FN4O3. The van der Waals surface area contributed by atoms with E-state index < -0.39 is 23.9 Å². The fourth-order valence-corrected chi connectivity index (χ4v) is 3.03. The van der Waals surface area contributed by atoms with Crippen molar-refractivity contribution in [2.45, 2.75) is 19.2 Å². The zero-order valence-corrected chi connectivity index (χ0v) is 14.4. The highest BCUT2D eigenvalue weighted by Gasteiger charge is 2.31. The molecular weight excluding hydrogens is 339 g/mol. The van der Waals surface area contributed by atoms with Gasteiger partial charge in [-0.25, -0.2) is 9.37 Å². The van der Waals surface area contributed by atoms with Gasteiger partial charge < -0.3 is 21.1 Å². The van der Waals surface area contributed by atoms with E-state index in [0.29, 0.717) is 24.5 Å². The molecule has 1 fully saturated rings. The Morgan fingerprint density at radius 1 is 1.42 bits per heavy atom. The number of amides is 2. The maximum absolute atomic E-state index is 14.5. The van der Waals surface area contributed by atoms with Gasteiger partial charge in [-0.15, -0.1) is 0 Å². The van der Waals surface area contributed by atoms with Crippen LogP contribution < -0.4 is 16.4 Å². The second-order valence-corrected chi connectivity index (χ2v) is 6.32. The highest BCUT2D eigenvalue weighted by molar-refractivity contribution is 5.99. The van der Waals surface area contributed by atoms with Crippen LogP contribution in [0.25, 0.3) is 0 Å². The molecule has 0 aromatic carbocycles. The summed E-state index contributed by atoms with van der Waals surface area (Å²) in [5.41, 5.74) is 6.31. The quantitative estimate of drug-likeness (QED) is 0.730. The molecule has 2 amide bonds. The molecule has 0 bridgehead atoms. The highest BCUT2D eigenvalue weighted by atomic mass is 19.1. The van der Waals surface area contributed by atoms with E-state index in [4.69, 9.17) is 10.5 Å². The molecule has 4 N–H and O–H groups in total. The van der Waals surface area contributed by atoms with Crippen LogP contribution in [0.15, 0.2) is 36.1 Å². The van der Waals surface area contributed by atoms with Crippen molar-refractivity contribution in [2.24, 2.45) is 11.7 Å². The average Bonchev–Trinajstić information content (AvgIpc) is 2.62. The van der Waals surface area contributed by atoms with Crippen LogP contribution in [0.2, 0.25) is 0 Å². The maximum Gasteiger partial charge on any atom is 0.267 e. The molecule has 0 radical (unpaired) electrons. The van der Waals surface area contributed by atoms with Gasteiger partial charge in [0.2, 0.25) is 0 Å². The number of ether oxygens (including phenoxy) is 1. The number of hydrogen-bond acceptors (Lipinski definition) is 5. The Bertz CT molecular complexity index is 772. The van der Waals surface area contributed by atoms with E-state index >= 15 is 0 Å². The molecule has 1 saturated heterocycles. The number of morpholine rings is 1. The molecule has 3 rings (SSSR count). The summed E-state index contributed by atoms with van der Waals surface area (Å²) in [6.07, 6.45) is 3.25. The molecule has 8 heteroatoms. The molecule has 7 nitrogen and oxygen atoms in total. The summed E-state index contributed by atoms with van der Waals surface area (Å²) in [5, 5.41) is 5.82. The van der Waals surface area contributed by atoms with E-state index in [2.05, 4.69) is 15.6 Å². The Morgan fingerprint density at radius 2 is 2.23 bits per heavy atom. The monoisotopic (exact) mass is 360 g/mol. The Labute approximate surface area is 150 Å². The fourth-order valence-electron chi connectivity index (χ4n) is 3.03. The molecule has 0 saturated carbocycles. The number of nitrogens with zero attached hydrogens (tertiary/aromatic N) is 1. The maximum atomic E-state index is 14.5. The number of aryl methyl sites for hydroxylation is 1. The van der Waals surface area contributed by atoms with E-state index in [1.807, 2.05) is 0 Å². The predicted octanol–water partition coefficient (Wildman–Crippen LogP) is 0.615. The van der Waals surface area contributed by atoms with E-state index in [1.54, 1.807) is 19.1 Å². The number of halogens is 1. The summed E-state index contributed by atoms with van der Waals surface area (Å²) < 4.78 is 20.1. The molecule has 1 aromatic heterocycles. The minimum Gasteiger partial charge on any atom is -0.375 e.